The zero-order valence-corrected chi connectivity index (χ0v) is 12.9. The molecule has 0 saturated carbocycles. The average molecular weight is 328 g/mol. The van der Waals surface area contributed by atoms with Gasteiger partial charge < -0.3 is 10.2 Å². The zero-order valence-electron chi connectivity index (χ0n) is 10.6. The summed E-state index contributed by atoms with van der Waals surface area (Å²) in [4.78, 5) is 19.4. The maximum Gasteiger partial charge on any atom is 0.264 e. The zero-order chi connectivity index (χ0) is 14.3. The van der Waals surface area contributed by atoms with E-state index in [9.17, 15) is 4.79 Å². The summed E-state index contributed by atoms with van der Waals surface area (Å²) in [6.45, 7) is 3.55. The Morgan fingerprint density at radius 1 is 1.45 bits per heavy atom. The fraction of sp³-hybridized carbons (Fsp3) is 0.231. The van der Waals surface area contributed by atoms with Crippen LogP contribution < -0.4 is 5.32 Å². The summed E-state index contributed by atoms with van der Waals surface area (Å²) in [7, 11) is 0. The molecule has 2 aliphatic rings. The lowest BCUT2D eigenvalue weighted by Gasteiger charge is -2.12. The number of amides is 1. The number of hydrogen-bond donors (Lipinski definition) is 1. The van der Waals surface area contributed by atoms with E-state index >= 15 is 0 Å². The predicted octanol–water partition coefficient (Wildman–Crippen LogP) is 3.58. The van der Waals surface area contributed by atoms with E-state index in [-0.39, 0.29) is 5.91 Å². The van der Waals surface area contributed by atoms with Crippen LogP contribution in [-0.2, 0) is 4.79 Å². The lowest BCUT2D eigenvalue weighted by Crippen LogP contribution is -2.20. The van der Waals surface area contributed by atoms with Gasteiger partial charge in [-0.3, -0.25) is 9.79 Å². The van der Waals surface area contributed by atoms with Crippen molar-refractivity contribution in [2.45, 2.75) is 6.92 Å². The molecular formula is C13H11Cl2N3OS. The van der Waals surface area contributed by atoms with Gasteiger partial charge in [0.05, 0.1) is 27.2 Å². The number of rotatable bonds is 2. The van der Waals surface area contributed by atoms with Crippen molar-refractivity contribution in [1.82, 2.24) is 4.90 Å². The molecule has 2 aliphatic heterocycles. The minimum atomic E-state index is -0.186. The molecule has 0 aromatic heterocycles. The van der Waals surface area contributed by atoms with Crippen LogP contribution in [0.4, 0.5) is 5.69 Å². The maximum atomic E-state index is 12.3. The highest BCUT2D eigenvalue weighted by Crippen LogP contribution is 2.37. The van der Waals surface area contributed by atoms with E-state index in [0.717, 1.165) is 24.0 Å². The molecule has 3 rings (SSSR count). The molecule has 1 aromatic carbocycles. The highest BCUT2D eigenvalue weighted by atomic mass is 35.5. The van der Waals surface area contributed by atoms with Crippen LogP contribution in [0.2, 0.25) is 10.0 Å². The van der Waals surface area contributed by atoms with Crippen LogP contribution in [-0.4, -0.2) is 29.1 Å². The lowest BCUT2D eigenvalue weighted by molar-refractivity contribution is -0.112. The number of amidine groups is 1. The molecule has 0 unspecified atom stereocenters. The molecule has 0 bridgehead atoms. The highest BCUT2D eigenvalue weighted by molar-refractivity contribution is 8.18. The third-order valence-electron chi connectivity index (χ3n) is 3.13. The topological polar surface area (TPSA) is 44.7 Å². The number of carbonyl (C=O) groups is 1. The number of thioether (sulfide) groups is 1. The molecule has 0 atom stereocenters. The molecule has 0 radical (unpaired) electrons. The standard InChI is InChI=1S/C13H11Cl2N3OS/c1-7-11(20-13-16-5-6-18(7)13)12(19)17-9-4-2-3-8(14)10(9)15/h2-4H,5-6H2,1H3,(H,17,19). The van der Waals surface area contributed by atoms with Crippen molar-refractivity contribution >= 4 is 51.7 Å². The molecule has 0 saturated heterocycles. The highest BCUT2D eigenvalue weighted by Gasteiger charge is 2.33. The van der Waals surface area contributed by atoms with Gasteiger partial charge in [-0.25, -0.2) is 0 Å². The van der Waals surface area contributed by atoms with Crippen LogP contribution in [0.25, 0.3) is 0 Å². The average Bonchev–Trinajstić information content (AvgIpc) is 2.98. The van der Waals surface area contributed by atoms with Gasteiger partial charge in [0.15, 0.2) is 5.17 Å². The number of anilines is 1. The van der Waals surface area contributed by atoms with Crippen LogP contribution >= 0.6 is 35.0 Å². The van der Waals surface area contributed by atoms with E-state index in [1.165, 1.54) is 11.8 Å². The van der Waals surface area contributed by atoms with Gasteiger partial charge in [-0.05, 0) is 30.8 Å². The van der Waals surface area contributed by atoms with Crippen LogP contribution in [0.5, 0.6) is 0 Å². The van der Waals surface area contributed by atoms with Crippen molar-refractivity contribution in [3.05, 3.63) is 38.8 Å². The Morgan fingerprint density at radius 3 is 3.00 bits per heavy atom. The van der Waals surface area contributed by atoms with Crippen molar-refractivity contribution in [3.8, 4) is 0 Å². The van der Waals surface area contributed by atoms with Crippen LogP contribution in [0.3, 0.4) is 0 Å². The van der Waals surface area contributed by atoms with Gasteiger partial charge in [-0.1, -0.05) is 29.3 Å². The number of allylic oxidation sites excluding steroid dienone is 1. The molecule has 1 amide bonds. The van der Waals surface area contributed by atoms with Crippen molar-refractivity contribution in [3.63, 3.8) is 0 Å². The molecule has 0 aliphatic carbocycles. The smallest absolute Gasteiger partial charge is 0.264 e. The number of halogens is 2. The molecule has 104 valence electrons. The molecular weight excluding hydrogens is 317 g/mol. The Labute approximate surface area is 130 Å². The van der Waals surface area contributed by atoms with E-state index in [0.29, 0.717) is 20.6 Å². The molecule has 2 heterocycles. The van der Waals surface area contributed by atoms with Gasteiger partial charge >= 0.3 is 0 Å². The van der Waals surface area contributed by atoms with E-state index in [2.05, 4.69) is 15.2 Å². The Bertz CT molecular complexity index is 657. The summed E-state index contributed by atoms with van der Waals surface area (Å²) in [6.07, 6.45) is 0. The molecule has 4 nitrogen and oxygen atoms in total. The first-order valence-corrected chi connectivity index (χ1v) is 7.61. The van der Waals surface area contributed by atoms with Gasteiger partial charge in [0.2, 0.25) is 0 Å². The second-order valence-corrected chi connectivity index (χ2v) is 6.15. The molecule has 0 spiro atoms. The number of fused-ring (bicyclic) bond motifs is 1. The quantitative estimate of drug-likeness (QED) is 0.902. The Morgan fingerprint density at radius 2 is 2.25 bits per heavy atom. The first kappa shape index (κ1) is 13.8. The Kier molecular flexibility index (Phi) is 3.67. The van der Waals surface area contributed by atoms with Gasteiger partial charge in [0.25, 0.3) is 5.91 Å². The summed E-state index contributed by atoms with van der Waals surface area (Å²) in [5.41, 5.74) is 1.45. The summed E-state index contributed by atoms with van der Waals surface area (Å²) in [6, 6.07) is 5.15. The van der Waals surface area contributed by atoms with Gasteiger partial charge in [-0.2, -0.15) is 0 Å². The monoisotopic (exact) mass is 327 g/mol. The van der Waals surface area contributed by atoms with Crippen molar-refractivity contribution < 1.29 is 4.79 Å². The molecule has 1 aromatic rings. The number of hydrogen-bond acceptors (Lipinski definition) is 4. The summed E-state index contributed by atoms with van der Waals surface area (Å²) in [5.74, 6) is -0.186. The molecule has 0 fully saturated rings. The fourth-order valence-electron chi connectivity index (χ4n) is 2.10. The van der Waals surface area contributed by atoms with E-state index in [1.54, 1.807) is 18.2 Å². The molecule has 7 heteroatoms. The fourth-order valence-corrected chi connectivity index (χ4v) is 3.53. The minimum absolute atomic E-state index is 0.186. The largest absolute Gasteiger partial charge is 0.322 e. The van der Waals surface area contributed by atoms with Gasteiger partial charge in [0.1, 0.15) is 0 Å². The van der Waals surface area contributed by atoms with Crippen molar-refractivity contribution in [1.29, 1.82) is 0 Å². The second kappa shape index (κ2) is 5.31. The van der Waals surface area contributed by atoms with E-state index < -0.39 is 0 Å². The summed E-state index contributed by atoms with van der Waals surface area (Å²) in [5, 5.41) is 4.46. The van der Waals surface area contributed by atoms with Gasteiger partial charge in [-0.15, -0.1) is 0 Å². The summed E-state index contributed by atoms with van der Waals surface area (Å²) >= 11 is 13.4. The summed E-state index contributed by atoms with van der Waals surface area (Å²) < 4.78 is 0. The van der Waals surface area contributed by atoms with Crippen molar-refractivity contribution in [2.75, 3.05) is 18.4 Å². The number of aliphatic imine (C=N–C) groups is 1. The first-order chi connectivity index (χ1) is 9.58. The van der Waals surface area contributed by atoms with E-state index in [4.69, 9.17) is 23.2 Å². The third kappa shape index (κ3) is 2.30. The first-order valence-electron chi connectivity index (χ1n) is 6.04. The number of nitrogens with zero attached hydrogens (tertiary/aromatic N) is 2. The Balaban J connectivity index is 1.82. The number of nitrogens with one attached hydrogen (secondary N) is 1. The minimum Gasteiger partial charge on any atom is -0.322 e. The van der Waals surface area contributed by atoms with Crippen LogP contribution in [0.1, 0.15) is 6.92 Å². The van der Waals surface area contributed by atoms with Crippen molar-refractivity contribution in [2.24, 2.45) is 4.99 Å². The Hall–Kier alpha value is -1.17. The number of benzene rings is 1. The number of carbonyl (C=O) groups excluding carboxylic acids is 1. The van der Waals surface area contributed by atoms with Crippen LogP contribution in [0.15, 0.2) is 33.8 Å². The molecule has 1 N–H and O–H groups in total. The predicted molar refractivity (Wildman–Crippen MR) is 84.4 cm³/mol. The maximum absolute atomic E-state index is 12.3. The van der Waals surface area contributed by atoms with E-state index in [1.807, 2.05) is 6.92 Å². The lowest BCUT2D eigenvalue weighted by atomic mass is 10.3. The van der Waals surface area contributed by atoms with Crippen LogP contribution in [0, 0.1) is 0 Å². The third-order valence-corrected chi connectivity index (χ3v) is 5.17. The second-order valence-electron chi connectivity index (χ2n) is 4.39. The SMILES string of the molecule is CC1=C(C(=O)Nc2cccc(Cl)c2Cl)SC2=NCCN21. The normalized spacial score (nSPS) is 17.4. The van der Waals surface area contributed by atoms with Gasteiger partial charge in [0, 0.05) is 12.2 Å². The molecule has 20 heavy (non-hydrogen) atoms.